The van der Waals surface area contributed by atoms with Crippen LogP contribution < -0.4 is 14.8 Å². The zero-order chi connectivity index (χ0) is 21.2. The summed E-state index contributed by atoms with van der Waals surface area (Å²) in [5.74, 6) is 0.494. The molecule has 1 aromatic heterocycles. The molecule has 1 amide bonds. The lowest BCUT2D eigenvalue weighted by Gasteiger charge is -2.19. The van der Waals surface area contributed by atoms with E-state index in [0.717, 1.165) is 11.3 Å². The van der Waals surface area contributed by atoms with Gasteiger partial charge in [-0.25, -0.2) is 4.98 Å². The summed E-state index contributed by atoms with van der Waals surface area (Å²) in [6, 6.07) is 10.3. The molecule has 0 aliphatic rings. The van der Waals surface area contributed by atoms with Crippen LogP contribution in [0.3, 0.4) is 0 Å². The summed E-state index contributed by atoms with van der Waals surface area (Å²) in [6.45, 7) is 6.19. The molecule has 152 valence electrons. The van der Waals surface area contributed by atoms with E-state index in [1.54, 1.807) is 0 Å². The molecule has 0 aliphatic carbocycles. The van der Waals surface area contributed by atoms with E-state index in [0.29, 0.717) is 21.1 Å². The number of thiazole rings is 1. The molecule has 0 saturated carbocycles. The van der Waals surface area contributed by atoms with Crippen molar-refractivity contribution in [3.05, 3.63) is 52.1 Å². The molecule has 0 spiro atoms. The van der Waals surface area contributed by atoms with E-state index in [1.165, 1.54) is 24.8 Å². The number of nitrogens with one attached hydrogen (secondary N) is 1. The minimum absolute atomic E-state index is 0.0406. The summed E-state index contributed by atoms with van der Waals surface area (Å²) in [4.78, 5) is 27.1. The van der Waals surface area contributed by atoms with E-state index in [4.69, 9.17) is 9.47 Å². The number of nitro groups is 1. The number of benzene rings is 2. The largest absolute Gasteiger partial charge is 0.494 e. The molecule has 0 fully saturated rings. The monoisotopic (exact) mass is 415 g/mol. The Kier molecular flexibility index (Phi) is 5.69. The fraction of sp³-hybridized carbons (Fsp3) is 0.300. The highest BCUT2D eigenvalue weighted by Crippen LogP contribution is 2.36. The Morgan fingerprint density at radius 3 is 2.52 bits per heavy atom. The third kappa shape index (κ3) is 4.80. The number of aromatic nitrogens is 1. The second kappa shape index (κ2) is 8.04. The number of nitrogens with zero attached hydrogens (tertiary/aromatic N) is 2. The van der Waals surface area contributed by atoms with E-state index in [1.807, 2.05) is 24.3 Å². The Hall–Kier alpha value is -3.20. The van der Waals surface area contributed by atoms with Crippen LogP contribution in [0.15, 0.2) is 36.4 Å². The summed E-state index contributed by atoms with van der Waals surface area (Å²) in [6.07, 6.45) is 0. The first-order valence-electron chi connectivity index (χ1n) is 8.83. The number of carbonyl (C=O) groups excluding carboxylic acids is 1. The van der Waals surface area contributed by atoms with Gasteiger partial charge in [0.2, 0.25) is 0 Å². The van der Waals surface area contributed by atoms with Gasteiger partial charge in [-0.2, -0.15) is 0 Å². The van der Waals surface area contributed by atoms with Crippen molar-refractivity contribution in [2.75, 3.05) is 19.0 Å². The van der Waals surface area contributed by atoms with Crippen LogP contribution >= 0.6 is 11.3 Å². The lowest BCUT2D eigenvalue weighted by Crippen LogP contribution is -2.20. The van der Waals surface area contributed by atoms with Crippen molar-refractivity contribution in [1.29, 1.82) is 0 Å². The van der Waals surface area contributed by atoms with Crippen molar-refractivity contribution in [2.24, 2.45) is 0 Å². The lowest BCUT2D eigenvalue weighted by atomic mass is 9.87. The number of fused-ring (bicyclic) bond motifs is 1. The molecule has 3 aromatic rings. The predicted molar refractivity (Wildman–Crippen MR) is 112 cm³/mol. The summed E-state index contributed by atoms with van der Waals surface area (Å²) < 4.78 is 11.3. The average molecular weight is 415 g/mol. The molecule has 9 heteroatoms. The Labute approximate surface area is 171 Å². The Morgan fingerprint density at radius 1 is 1.24 bits per heavy atom. The normalized spacial score (nSPS) is 11.3. The van der Waals surface area contributed by atoms with Crippen LogP contribution in [0.5, 0.6) is 11.5 Å². The van der Waals surface area contributed by atoms with E-state index in [-0.39, 0.29) is 29.4 Å². The molecule has 0 unspecified atom stereocenters. The van der Waals surface area contributed by atoms with Gasteiger partial charge in [0.05, 0.1) is 22.8 Å². The van der Waals surface area contributed by atoms with Crippen LogP contribution in [0.1, 0.15) is 26.3 Å². The number of amides is 1. The molecular weight excluding hydrogens is 394 g/mol. The second-order valence-corrected chi connectivity index (χ2v) is 8.41. The average Bonchev–Trinajstić information content (AvgIpc) is 3.07. The molecule has 0 aliphatic heterocycles. The predicted octanol–water partition coefficient (Wildman–Crippen LogP) is 4.53. The number of ether oxygens (including phenoxy) is 2. The number of non-ortho nitro benzene ring substituents is 1. The zero-order valence-electron chi connectivity index (χ0n) is 16.5. The van der Waals surface area contributed by atoms with Crippen LogP contribution in [0.2, 0.25) is 0 Å². The lowest BCUT2D eigenvalue weighted by molar-refractivity contribution is -0.384. The van der Waals surface area contributed by atoms with Gasteiger partial charge in [0.25, 0.3) is 11.6 Å². The van der Waals surface area contributed by atoms with Gasteiger partial charge < -0.3 is 9.47 Å². The van der Waals surface area contributed by atoms with E-state index < -0.39 is 4.92 Å². The molecule has 1 heterocycles. The molecule has 0 bridgehead atoms. The maximum atomic E-state index is 12.2. The SMILES string of the molecule is COc1cc([N+](=O)[O-])cc2sc(NC(=O)COc3ccc(C(C)(C)C)cc3)nc12. The number of anilines is 1. The Bertz CT molecular complexity index is 1050. The van der Waals surface area contributed by atoms with Crippen LogP contribution in [-0.2, 0) is 10.2 Å². The third-order valence-electron chi connectivity index (χ3n) is 4.21. The van der Waals surface area contributed by atoms with Crippen LogP contribution in [-0.4, -0.2) is 29.5 Å². The molecule has 29 heavy (non-hydrogen) atoms. The van der Waals surface area contributed by atoms with Gasteiger partial charge in [-0.3, -0.25) is 20.2 Å². The van der Waals surface area contributed by atoms with Crippen molar-refractivity contribution in [2.45, 2.75) is 26.2 Å². The van der Waals surface area contributed by atoms with Crippen molar-refractivity contribution in [3.8, 4) is 11.5 Å². The second-order valence-electron chi connectivity index (χ2n) is 7.38. The highest BCUT2D eigenvalue weighted by molar-refractivity contribution is 7.22. The molecule has 3 rings (SSSR count). The summed E-state index contributed by atoms with van der Waals surface area (Å²) in [5.41, 5.74) is 1.57. The fourth-order valence-electron chi connectivity index (χ4n) is 2.65. The number of hydrogen-bond donors (Lipinski definition) is 1. The first-order valence-corrected chi connectivity index (χ1v) is 9.65. The van der Waals surface area contributed by atoms with Gasteiger partial charge in [-0.15, -0.1) is 0 Å². The van der Waals surface area contributed by atoms with Gasteiger partial charge in [0.1, 0.15) is 11.3 Å². The number of methoxy groups -OCH3 is 1. The minimum atomic E-state index is -0.501. The van der Waals surface area contributed by atoms with Crippen LogP contribution in [0.25, 0.3) is 10.2 Å². The maximum absolute atomic E-state index is 12.2. The summed E-state index contributed by atoms with van der Waals surface area (Å²) in [7, 11) is 1.41. The van der Waals surface area contributed by atoms with Gasteiger partial charge >= 0.3 is 0 Å². The Morgan fingerprint density at radius 2 is 1.93 bits per heavy atom. The zero-order valence-corrected chi connectivity index (χ0v) is 17.3. The van der Waals surface area contributed by atoms with Crippen molar-refractivity contribution in [3.63, 3.8) is 0 Å². The topological polar surface area (TPSA) is 104 Å². The smallest absolute Gasteiger partial charge is 0.274 e. The van der Waals surface area contributed by atoms with Gasteiger partial charge in [0.15, 0.2) is 17.5 Å². The quantitative estimate of drug-likeness (QED) is 0.469. The standard InChI is InChI=1S/C20H21N3O5S/c1-20(2,3)12-5-7-14(8-6-12)28-11-17(24)21-19-22-18-15(27-4)9-13(23(25)26)10-16(18)29-19/h5-10H,11H2,1-4H3,(H,21,22,24). The number of hydrogen-bond acceptors (Lipinski definition) is 7. The highest BCUT2D eigenvalue weighted by atomic mass is 32.1. The maximum Gasteiger partial charge on any atom is 0.274 e. The van der Waals surface area contributed by atoms with Crippen molar-refractivity contribution in [1.82, 2.24) is 4.98 Å². The van der Waals surface area contributed by atoms with Gasteiger partial charge in [-0.05, 0) is 23.1 Å². The highest BCUT2D eigenvalue weighted by Gasteiger charge is 2.17. The number of nitro benzene ring substituents is 1. The minimum Gasteiger partial charge on any atom is -0.494 e. The number of carbonyl (C=O) groups is 1. The van der Waals surface area contributed by atoms with Gasteiger partial charge in [-0.1, -0.05) is 44.2 Å². The van der Waals surface area contributed by atoms with Crippen molar-refractivity contribution >= 4 is 38.3 Å². The molecule has 2 aromatic carbocycles. The van der Waals surface area contributed by atoms with E-state index >= 15 is 0 Å². The van der Waals surface area contributed by atoms with E-state index in [2.05, 4.69) is 31.1 Å². The molecule has 1 N–H and O–H groups in total. The van der Waals surface area contributed by atoms with Crippen molar-refractivity contribution < 1.29 is 19.2 Å². The Balaban J connectivity index is 1.67. The third-order valence-corrected chi connectivity index (χ3v) is 5.13. The first-order chi connectivity index (χ1) is 13.7. The van der Waals surface area contributed by atoms with Crippen LogP contribution in [0, 0.1) is 10.1 Å². The van der Waals surface area contributed by atoms with Gasteiger partial charge in [0, 0.05) is 6.07 Å². The van der Waals surface area contributed by atoms with E-state index in [9.17, 15) is 14.9 Å². The number of rotatable bonds is 6. The molecule has 8 nitrogen and oxygen atoms in total. The molecule has 0 saturated heterocycles. The molecular formula is C20H21N3O5S. The summed E-state index contributed by atoms with van der Waals surface area (Å²) in [5, 5.41) is 14.0. The first kappa shape index (κ1) is 20.5. The fourth-order valence-corrected chi connectivity index (χ4v) is 3.59. The molecule has 0 atom stereocenters. The van der Waals surface area contributed by atoms with Crippen LogP contribution in [0.4, 0.5) is 10.8 Å². The molecule has 0 radical (unpaired) electrons. The summed E-state index contributed by atoms with van der Waals surface area (Å²) >= 11 is 1.13.